The van der Waals surface area contributed by atoms with Crippen LogP contribution in [-0.4, -0.2) is 43.7 Å². The number of aromatic carboxylic acids is 1. The van der Waals surface area contributed by atoms with Crippen molar-refractivity contribution < 1.29 is 28.2 Å². The van der Waals surface area contributed by atoms with Gasteiger partial charge in [0.2, 0.25) is 5.91 Å². The van der Waals surface area contributed by atoms with Crippen molar-refractivity contribution in [2.75, 3.05) is 12.4 Å². The molecule has 4 rings (SSSR count). The van der Waals surface area contributed by atoms with Crippen LogP contribution in [0, 0.1) is 0 Å². The molecular formula is C26H22ClF2N5O5. The summed E-state index contributed by atoms with van der Waals surface area (Å²) >= 11 is 6.22. The average molecular weight is 558 g/mol. The maximum Gasteiger partial charge on any atom is 0.335 e. The summed E-state index contributed by atoms with van der Waals surface area (Å²) in [6.07, 6.45) is -0.111. The molecule has 2 aromatic heterocycles. The van der Waals surface area contributed by atoms with Gasteiger partial charge in [-0.25, -0.2) is 18.3 Å². The Morgan fingerprint density at radius 2 is 1.82 bits per heavy atom. The molecule has 1 atom stereocenters. The van der Waals surface area contributed by atoms with Gasteiger partial charge >= 0.3 is 5.97 Å². The van der Waals surface area contributed by atoms with Gasteiger partial charge in [-0.2, -0.15) is 0 Å². The van der Waals surface area contributed by atoms with E-state index in [1.54, 1.807) is 13.0 Å². The van der Waals surface area contributed by atoms with E-state index < -0.39 is 35.6 Å². The Morgan fingerprint density at radius 1 is 1.10 bits per heavy atom. The van der Waals surface area contributed by atoms with Crippen molar-refractivity contribution in [3.05, 3.63) is 87.6 Å². The summed E-state index contributed by atoms with van der Waals surface area (Å²) in [6, 6.07) is 10.6. The van der Waals surface area contributed by atoms with Gasteiger partial charge in [0.25, 0.3) is 12.0 Å². The van der Waals surface area contributed by atoms with Crippen LogP contribution >= 0.6 is 11.6 Å². The van der Waals surface area contributed by atoms with Crippen LogP contribution in [0.4, 0.5) is 14.5 Å². The maximum absolute atomic E-state index is 13.3. The molecule has 2 N–H and O–H groups in total. The third kappa shape index (κ3) is 5.80. The second-order valence-electron chi connectivity index (χ2n) is 8.35. The zero-order valence-electron chi connectivity index (χ0n) is 20.6. The predicted molar refractivity (Wildman–Crippen MR) is 139 cm³/mol. The lowest BCUT2D eigenvalue weighted by atomic mass is 10.0. The van der Waals surface area contributed by atoms with Crippen LogP contribution in [0.5, 0.6) is 5.75 Å². The maximum atomic E-state index is 13.3. The molecule has 0 radical (unpaired) electrons. The molecule has 10 nitrogen and oxygen atoms in total. The summed E-state index contributed by atoms with van der Waals surface area (Å²) < 4.78 is 34.1. The molecule has 0 saturated heterocycles. The van der Waals surface area contributed by atoms with E-state index in [1.807, 2.05) is 0 Å². The first-order chi connectivity index (χ1) is 18.6. The van der Waals surface area contributed by atoms with Crippen molar-refractivity contribution in [3.63, 3.8) is 0 Å². The number of nitrogens with one attached hydrogen (secondary N) is 1. The number of pyridine rings is 1. The molecule has 1 amide bonds. The SMILES string of the molecule is CCC(C(=O)Nc1ccc(C(=O)O)cc1)n1cc(OC)c(-c2cc(Cl)ccc2-n2cc(C(F)F)nn2)cc1=O. The second kappa shape index (κ2) is 11.4. The lowest BCUT2D eigenvalue weighted by Crippen LogP contribution is -2.32. The third-order valence-electron chi connectivity index (χ3n) is 5.92. The quantitative estimate of drug-likeness (QED) is 0.297. The summed E-state index contributed by atoms with van der Waals surface area (Å²) in [5.74, 6) is -1.38. The smallest absolute Gasteiger partial charge is 0.335 e. The molecule has 0 spiro atoms. The van der Waals surface area contributed by atoms with Crippen LogP contribution < -0.4 is 15.6 Å². The van der Waals surface area contributed by atoms with Gasteiger partial charge in [-0.1, -0.05) is 23.7 Å². The fourth-order valence-electron chi connectivity index (χ4n) is 3.99. The summed E-state index contributed by atoms with van der Waals surface area (Å²) in [7, 11) is 1.38. The highest BCUT2D eigenvalue weighted by molar-refractivity contribution is 6.31. The van der Waals surface area contributed by atoms with E-state index in [0.29, 0.717) is 27.5 Å². The number of hydrogen-bond acceptors (Lipinski definition) is 6. The lowest BCUT2D eigenvalue weighted by molar-refractivity contribution is -0.119. The first kappa shape index (κ1) is 27.5. The molecule has 13 heteroatoms. The lowest BCUT2D eigenvalue weighted by Gasteiger charge is -2.20. The number of benzene rings is 2. The monoisotopic (exact) mass is 557 g/mol. The molecule has 2 heterocycles. The van der Waals surface area contributed by atoms with Crippen LogP contribution in [0.3, 0.4) is 0 Å². The van der Waals surface area contributed by atoms with E-state index in [4.69, 9.17) is 21.4 Å². The van der Waals surface area contributed by atoms with E-state index in [-0.39, 0.29) is 17.7 Å². The molecule has 0 fully saturated rings. The topological polar surface area (TPSA) is 128 Å². The van der Waals surface area contributed by atoms with Gasteiger partial charge in [0.05, 0.1) is 30.8 Å². The van der Waals surface area contributed by atoms with Crippen molar-refractivity contribution in [1.29, 1.82) is 0 Å². The van der Waals surface area contributed by atoms with Crippen molar-refractivity contribution in [2.45, 2.75) is 25.8 Å². The molecule has 0 bridgehead atoms. The van der Waals surface area contributed by atoms with Gasteiger partial charge in [0.15, 0.2) is 0 Å². The van der Waals surface area contributed by atoms with Crippen molar-refractivity contribution in [2.24, 2.45) is 0 Å². The Bertz CT molecular complexity index is 1590. The van der Waals surface area contributed by atoms with Gasteiger partial charge in [-0.3, -0.25) is 14.2 Å². The summed E-state index contributed by atoms with van der Waals surface area (Å²) in [5, 5.41) is 19.3. The Hall–Kier alpha value is -4.58. The van der Waals surface area contributed by atoms with Crippen molar-refractivity contribution >= 4 is 29.2 Å². The fourth-order valence-corrected chi connectivity index (χ4v) is 4.17. The number of methoxy groups -OCH3 is 1. The molecule has 0 aliphatic rings. The number of rotatable bonds is 9. The van der Waals surface area contributed by atoms with Gasteiger partial charge in [-0.15, -0.1) is 5.10 Å². The van der Waals surface area contributed by atoms with E-state index in [2.05, 4.69) is 15.6 Å². The number of amides is 1. The number of carbonyl (C=O) groups is 2. The van der Waals surface area contributed by atoms with Gasteiger partial charge in [-0.05, 0) is 48.9 Å². The number of halogens is 3. The molecule has 0 aliphatic carbocycles. The Balaban J connectivity index is 1.73. The highest BCUT2D eigenvalue weighted by Gasteiger charge is 2.24. The molecule has 0 saturated carbocycles. The number of anilines is 1. The normalized spacial score (nSPS) is 11.8. The second-order valence-corrected chi connectivity index (χ2v) is 8.78. The van der Waals surface area contributed by atoms with E-state index >= 15 is 0 Å². The Kier molecular flexibility index (Phi) is 8.05. The van der Waals surface area contributed by atoms with Crippen LogP contribution in [0.2, 0.25) is 5.02 Å². The summed E-state index contributed by atoms with van der Waals surface area (Å²) in [6.45, 7) is 1.73. The van der Waals surface area contributed by atoms with Gasteiger partial charge < -0.3 is 15.2 Å². The molecule has 2 aromatic carbocycles. The molecular weight excluding hydrogens is 536 g/mol. The summed E-state index contributed by atoms with van der Waals surface area (Å²) in [5.41, 5.74) is 0.353. The number of nitrogens with zero attached hydrogens (tertiary/aromatic N) is 4. The molecule has 202 valence electrons. The van der Waals surface area contributed by atoms with Gasteiger partial charge in [0.1, 0.15) is 17.5 Å². The predicted octanol–water partition coefficient (Wildman–Crippen LogP) is 4.98. The number of carboxylic acid groups (broad SMARTS) is 1. The number of hydrogen-bond donors (Lipinski definition) is 2. The highest BCUT2D eigenvalue weighted by Crippen LogP contribution is 2.35. The number of aromatic nitrogens is 4. The van der Waals surface area contributed by atoms with Crippen LogP contribution in [0.1, 0.15) is 41.9 Å². The van der Waals surface area contributed by atoms with Crippen LogP contribution in [0.15, 0.2) is 65.7 Å². The minimum absolute atomic E-state index is 0.0632. The Morgan fingerprint density at radius 3 is 2.41 bits per heavy atom. The zero-order valence-corrected chi connectivity index (χ0v) is 21.4. The van der Waals surface area contributed by atoms with Crippen LogP contribution in [-0.2, 0) is 4.79 Å². The van der Waals surface area contributed by atoms with E-state index in [1.165, 1.54) is 60.3 Å². The highest BCUT2D eigenvalue weighted by atomic mass is 35.5. The third-order valence-corrected chi connectivity index (χ3v) is 6.15. The number of carboxylic acids is 1. The van der Waals surface area contributed by atoms with Crippen LogP contribution in [0.25, 0.3) is 16.8 Å². The molecule has 4 aromatic rings. The molecule has 39 heavy (non-hydrogen) atoms. The average Bonchev–Trinajstić information content (AvgIpc) is 3.40. The van der Waals surface area contributed by atoms with Crippen molar-refractivity contribution in [3.8, 4) is 22.6 Å². The largest absolute Gasteiger partial charge is 0.495 e. The van der Waals surface area contributed by atoms with E-state index in [9.17, 15) is 23.2 Å². The summed E-state index contributed by atoms with van der Waals surface area (Å²) in [4.78, 5) is 37.4. The number of carbonyl (C=O) groups excluding carboxylic acids is 1. The molecule has 1 unspecified atom stereocenters. The first-order valence-electron chi connectivity index (χ1n) is 11.6. The Labute approximate surface area is 225 Å². The molecule has 0 aliphatic heterocycles. The van der Waals surface area contributed by atoms with Gasteiger partial charge in [0, 0.05) is 27.9 Å². The first-order valence-corrected chi connectivity index (χ1v) is 12.0. The standard InChI is InChI=1S/C26H22ClF2N5O5/c1-3-20(25(36)30-16-7-4-14(5-8-16)26(37)38)33-13-22(39-2)18(11-23(33)35)17-10-15(27)6-9-21(17)34-12-19(24(28)29)31-32-34/h4-13,20,24H,3H2,1-2H3,(H,30,36)(H,37,38). The van der Waals surface area contributed by atoms with E-state index in [0.717, 1.165) is 10.9 Å². The minimum atomic E-state index is -2.82. The zero-order chi connectivity index (χ0) is 28.3. The number of alkyl halides is 2. The minimum Gasteiger partial charge on any atom is -0.495 e. The number of ether oxygens (including phenoxy) is 1. The van der Waals surface area contributed by atoms with Crippen molar-refractivity contribution in [1.82, 2.24) is 19.6 Å². The fraction of sp³-hybridized carbons (Fsp3) is 0.192.